The topological polar surface area (TPSA) is 75.3 Å². The van der Waals surface area contributed by atoms with Crippen LogP contribution >= 0.6 is 11.6 Å². The summed E-state index contributed by atoms with van der Waals surface area (Å²) >= 11 is 5.73. The number of benzene rings is 1. The molecule has 0 heterocycles. The fourth-order valence-corrected chi connectivity index (χ4v) is 2.23. The Labute approximate surface area is 111 Å². The normalized spacial score (nSPS) is 18.2. The number of amides is 1. The van der Waals surface area contributed by atoms with Crippen molar-refractivity contribution in [2.24, 2.45) is 11.7 Å². The van der Waals surface area contributed by atoms with Gasteiger partial charge in [0.1, 0.15) is 5.75 Å². The fourth-order valence-electron chi connectivity index (χ4n) is 2.06. The summed E-state index contributed by atoms with van der Waals surface area (Å²) in [5.74, 6) is 0.0000723. The minimum Gasteiger partial charge on any atom is -0.507 e. The van der Waals surface area contributed by atoms with Crippen LogP contribution in [0.5, 0.6) is 5.75 Å². The molecule has 1 aliphatic rings. The Balaban J connectivity index is 2.16. The number of nitrogens with one attached hydrogen (secondary N) is 1. The van der Waals surface area contributed by atoms with Crippen LogP contribution in [-0.4, -0.2) is 23.1 Å². The fraction of sp³-hybridized carbons (Fsp3) is 0.462. The number of rotatable bonds is 4. The van der Waals surface area contributed by atoms with Gasteiger partial charge in [-0.2, -0.15) is 0 Å². The van der Waals surface area contributed by atoms with Crippen LogP contribution in [0.25, 0.3) is 0 Å². The molecule has 1 atom stereocenters. The van der Waals surface area contributed by atoms with Gasteiger partial charge in [0.15, 0.2) is 0 Å². The van der Waals surface area contributed by atoms with Gasteiger partial charge in [-0.25, -0.2) is 0 Å². The molecule has 5 heteroatoms. The molecule has 0 saturated heterocycles. The Kier molecular flexibility index (Phi) is 3.50. The first-order valence-electron chi connectivity index (χ1n) is 5.97. The lowest BCUT2D eigenvalue weighted by Gasteiger charge is -2.29. The SMILES string of the molecule is CC(CN)(NC(=O)c1ccc(Cl)cc1O)C1CC1. The van der Waals surface area contributed by atoms with E-state index in [9.17, 15) is 9.90 Å². The van der Waals surface area contributed by atoms with Crippen molar-refractivity contribution in [2.75, 3.05) is 6.54 Å². The molecule has 1 aromatic rings. The third-order valence-electron chi connectivity index (χ3n) is 3.51. The summed E-state index contributed by atoms with van der Waals surface area (Å²) in [6.45, 7) is 2.33. The predicted octanol–water partition coefficient (Wildman–Crippen LogP) is 1.90. The first-order chi connectivity index (χ1) is 8.46. The van der Waals surface area contributed by atoms with E-state index in [-0.39, 0.29) is 17.2 Å². The first-order valence-corrected chi connectivity index (χ1v) is 6.35. The molecule has 0 aliphatic heterocycles. The van der Waals surface area contributed by atoms with E-state index in [0.717, 1.165) is 12.8 Å². The Hall–Kier alpha value is -1.26. The van der Waals surface area contributed by atoms with E-state index in [4.69, 9.17) is 17.3 Å². The lowest BCUT2D eigenvalue weighted by molar-refractivity contribution is 0.0895. The molecule has 0 bridgehead atoms. The smallest absolute Gasteiger partial charge is 0.255 e. The summed E-state index contributed by atoms with van der Waals surface area (Å²) in [4.78, 5) is 12.1. The standard InChI is InChI=1S/C13H17ClN2O2/c1-13(7-15,8-2-3-8)16-12(18)10-5-4-9(14)6-11(10)17/h4-6,8,17H,2-3,7,15H2,1H3,(H,16,18). The van der Waals surface area contributed by atoms with Gasteiger partial charge >= 0.3 is 0 Å². The van der Waals surface area contributed by atoms with Crippen molar-refractivity contribution in [3.8, 4) is 5.75 Å². The summed E-state index contributed by atoms with van der Waals surface area (Å²) in [7, 11) is 0. The van der Waals surface area contributed by atoms with Gasteiger partial charge in [0.2, 0.25) is 0 Å². The molecule has 2 rings (SSSR count). The quantitative estimate of drug-likeness (QED) is 0.781. The Morgan fingerprint density at radius 2 is 2.28 bits per heavy atom. The molecule has 0 aromatic heterocycles. The second-order valence-electron chi connectivity index (χ2n) is 5.01. The maximum atomic E-state index is 12.1. The lowest BCUT2D eigenvalue weighted by atomic mass is 9.95. The molecular weight excluding hydrogens is 252 g/mol. The highest BCUT2D eigenvalue weighted by molar-refractivity contribution is 6.30. The van der Waals surface area contributed by atoms with E-state index >= 15 is 0 Å². The molecule has 18 heavy (non-hydrogen) atoms. The third kappa shape index (κ3) is 2.60. The van der Waals surface area contributed by atoms with Gasteiger partial charge in [-0.1, -0.05) is 11.6 Å². The van der Waals surface area contributed by atoms with E-state index in [1.165, 1.54) is 12.1 Å². The highest BCUT2D eigenvalue weighted by Crippen LogP contribution is 2.39. The van der Waals surface area contributed by atoms with Crippen molar-refractivity contribution in [2.45, 2.75) is 25.3 Å². The largest absolute Gasteiger partial charge is 0.507 e. The Morgan fingerprint density at radius 1 is 1.61 bits per heavy atom. The minimum absolute atomic E-state index is 0.116. The van der Waals surface area contributed by atoms with Crippen LogP contribution < -0.4 is 11.1 Å². The van der Waals surface area contributed by atoms with Crippen LogP contribution in [0.4, 0.5) is 0 Å². The summed E-state index contributed by atoms with van der Waals surface area (Å²) in [5.41, 5.74) is 5.56. The number of phenols is 1. The van der Waals surface area contributed by atoms with Crippen molar-refractivity contribution in [3.05, 3.63) is 28.8 Å². The first kappa shape index (κ1) is 13.2. The molecule has 1 saturated carbocycles. The van der Waals surface area contributed by atoms with E-state index in [1.807, 2.05) is 6.92 Å². The van der Waals surface area contributed by atoms with Crippen molar-refractivity contribution >= 4 is 17.5 Å². The van der Waals surface area contributed by atoms with Crippen LogP contribution in [0.1, 0.15) is 30.1 Å². The number of aromatic hydroxyl groups is 1. The average molecular weight is 269 g/mol. The monoisotopic (exact) mass is 268 g/mol. The number of hydrogen-bond donors (Lipinski definition) is 3. The summed E-state index contributed by atoms with van der Waals surface area (Å²) in [6, 6.07) is 4.44. The summed E-state index contributed by atoms with van der Waals surface area (Å²) in [5, 5.41) is 13.0. The minimum atomic E-state index is -0.400. The molecule has 1 aliphatic carbocycles. The van der Waals surface area contributed by atoms with E-state index in [0.29, 0.717) is 17.5 Å². The highest BCUT2D eigenvalue weighted by atomic mass is 35.5. The Morgan fingerprint density at radius 3 is 2.78 bits per heavy atom. The maximum absolute atomic E-state index is 12.1. The molecule has 0 radical (unpaired) electrons. The van der Waals surface area contributed by atoms with Gasteiger partial charge in [-0.15, -0.1) is 0 Å². The number of nitrogens with two attached hydrogens (primary N) is 1. The van der Waals surface area contributed by atoms with Crippen LogP contribution in [0.2, 0.25) is 5.02 Å². The van der Waals surface area contributed by atoms with Gasteiger partial charge < -0.3 is 16.2 Å². The van der Waals surface area contributed by atoms with E-state index < -0.39 is 5.54 Å². The summed E-state index contributed by atoms with van der Waals surface area (Å²) in [6.07, 6.45) is 2.17. The highest BCUT2D eigenvalue weighted by Gasteiger charge is 2.41. The van der Waals surface area contributed by atoms with Crippen LogP contribution in [-0.2, 0) is 0 Å². The van der Waals surface area contributed by atoms with E-state index in [1.54, 1.807) is 6.07 Å². The van der Waals surface area contributed by atoms with Crippen molar-refractivity contribution < 1.29 is 9.90 Å². The predicted molar refractivity (Wildman–Crippen MR) is 70.8 cm³/mol. The van der Waals surface area contributed by atoms with Crippen molar-refractivity contribution in [3.63, 3.8) is 0 Å². The number of halogens is 1. The molecule has 1 aromatic carbocycles. The molecule has 1 fully saturated rings. The lowest BCUT2D eigenvalue weighted by Crippen LogP contribution is -2.53. The molecule has 98 valence electrons. The number of carbonyl (C=O) groups is 1. The van der Waals surface area contributed by atoms with Crippen LogP contribution in [0.3, 0.4) is 0 Å². The average Bonchev–Trinajstić information content (AvgIpc) is 3.12. The second-order valence-corrected chi connectivity index (χ2v) is 5.45. The van der Waals surface area contributed by atoms with Gasteiger partial charge in [0.25, 0.3) is 5.91 Å². The summed E-state index contributed by atoms with van der Waals surface area (Å²) < 4.78 is 0. The van der Waals surface area contributed by atoms with Crippen molar-refractivity contribution in [1.82, 2.24) is 5.32 Å². The zero-order valence-electron chi connectivity index (χ0n) is 10.2. The molecule has 4 N–H and O–H groups in total. The van der Waals surface area contributed by atoms with Gasteiger partial charge in [-0.3, -0.25) is 4.79 Å². The van der Waals surface area contributed by atoms with Crippen molar-refractivity contribution in [1.29, 1.82) is 0 Å². The zero-order valence-corrected chi connectivity index (χ0v) is 11.0. The molecular formula is C13H17ClN2O2. The van der Waals surface area contributed by atoms with E-state index in [2.05, 4.69) is 5.32 Å². The Bertz CT molecular complexity index is 474. The molecule has 0 spiro atoms. The van der Waals surface area contributed by atoms with Crippen LogP contribution in [0.15, 0.2) is 18.2 Å². The third-order valence-corrected chi connectivity index (χ3v) is 3.74. The maximum Gasteiger partial charge on any atom is 0.255 e. The van der Waals surface area contributed by atoms with Gasteiger partial charge in [0.05, 0.1) is 11.1 Å². The van der Waals surface area contributed by atoms with Crippen LogP contribution in [0, 0.1) is 5.92 Å². The van der Waals surface area contributed by atoms with Gasteiger partial charge in [-0.05, 0) is 43.9 Å². The molecule has 1 amide bonds. The zero-order chi connectivity index (χ0) is 13.3. The number of phenolic OH excluding ortho intramolecular Hbond substituents is 1. The second kappa shape index (κ2) is 4.78. The molecule has 4 nitrogen and oxygen atoms in total. The van der Waals surface area contributed by atoms with Gasteiger partial charge in [0, 0.05) is 11.6 Å². The number of carbonyl (C=O) groups excluding carboxylic acids is 1. The number of hydrogen-bond acceptors (Lipinski definition) is 3. The molecule has 1 unspecified atom stereocenters.